The Morgan fingerprint density at radius 3 is 2.54 bits per heavy atom. The second-order valence-electron chi connectivity index (χ2n) is 2.70. The lowest BCUT2D eigenvalue weighted by molar-refractivity contribution is 0.713. The minimum atomic E-state index is 0.0461. The number of hydrogen-bond donors (Lipinski definition) is 0. The maximum absolute atomic E-state index is 5.86. The summed E-state index contributed by atoms with van der Waals surface area (Å²) >= 11 is 16.3. The van der Waals surface area contributed by atoms with Crippen LogP contribution in [0.25, 0.3) is 0 Å². The standard InChI is InChI=1S/C9H9Cl2NS/c1-2-9(12-13)6-3-4-7(10)8(11)5-6/h3-5,9H,2H2,1H3. The van der Waals surface area contributed by atoms with Crippen LogP contribution in [-0.2, 0) is 12.4 Å². The number of hydrogen-bond acceptors (Lipinski definition) is 2. The van der Waals surface area contributed by atoms with E-state index in [1.165, 1.54) is 0 Å². The average Bonchev–Trinajstić information content (AvgIpc) is 2.13. The van der Waals surface area contributed by atoms with Crippen molar-refractivity contribution in [1.29, 1.82) is 0 Å². The Hall–Kier alpha value is -0.180. The van der Waals surface area contributed by atoms with Crippen molar-refractivity contribution < 1.29 is 0 Å². The molecule has 0 aliphatic carbocycles. The quantitative estimate of drug-likeness (QED) is 0.764. The topological polar surface area (TPSA) is 12.4 Å². The summed E-state index contributed by atoms with van der Waals surface area (Å²) < 4.78 is 3.83. The van der Waals surface area contributed by atoms with E-state index in [4.69, 9.17) is 23.2 Å². The van der Waals surface area contributed by atoms with Gasteiger partial charge in [-0.1, -0.05) is 36.2 Å². The van der Waals surface area contributed by atoms with Crippen LogP contribution in [0.1, 0.15) is 24.9 Å². The second-order valence-corrected chi connectivity index (χ2v) is 3.73. The highest BCUT2D eigenvalue weighted by Crippen LogP contribution is 2.28. The van der Waals surface area contributed by atoms with E-state index in [1.54, 1.807) is 6.07 Å². The average molecular weight is 234 g/mol. The molecule has 0 amide bonds. The van der Waals surface area contributed by atoms with Crippen molar-refractivity contribution in [3.8, 4) is 0 Å². The molecule has 0 heterocycles. The molecule has 0 N–H and O–H groups in total. The van der Waals surface area contributed by atoms with Gasteiger partial charge in [0.25, 0.3) is 0 Å². The lowest BCUT2D eigenvalue weighted by atomic mass is 10.1. The van der Waals surface area contributed by atoms with Gasteiger partial charge in [0.2, 0.25) is 0 Å². The van der Waals surface area contributed by atoms with Gasteiger partial charge in [-0.2, -0.15) is 0 Å². The molecule has 1 aromatic rings. The first-order chi connectivity index (χ1) is 6.19. The Balaban J connectivity index is 3.01. The lowest BCUT2D eigenvalue weighted by Gasteiger charge is -2.08. The second kappa shape index (κ2) is 4.89. The van der Waals surface area contributed by atoms with E-state index in [0.717, 1.165) is 12.0 Å². The fraction of sp³-hybridized carbons (Fsp3) is 0.333. The van der Waals surface area contributed by atoms with Crippen LogP contribution in [0, 0.1) is 0 Å². The lowest BCUT2D eigenvalue weighted by Crippen LogP contribution is -1.92. The molecule has 0 aliphatic rings. The molecule has 0 saturated heterocycles. The van der Waals surface area contributed by atoms with Crippen LogP contribution in [0.4, 0.5) is 0 Å². The van der Waals surface area contributed by atoms with Crippen molar-refractivity contribution in [3.05, 3.63) is 33.8 Å². The van der Waals surface area contributed by atoms with Gasteiger partial charge in [-0.15, -0.1) is 0 Å². The summed E-state index contributed by atoms with van der Waals surface area (Å²) in [5, 5.41) is 1.11. The maximum Gasteiger partial charge on any atom is 0.0878 e. The molecule has 0 fully saturated rings. The molecule has 4 heteroatoms. The van der Waals surface area contributed by atoms with Crippen molar-refractivity contribution in [1.82, 2.24) is 0 Å². The van der Waals surface area contributed by atoms with E-state index < -0.39 is 0 Å². The predicted molar refractivity (Wildman–Crippen MR) is 59.3 cm³/mol. The molecule has 13 heavy (non-hydrogen) atoms. The predicted octanol–water partition coefficient (Wildman–Crippen LogP) is 4.18. The highest BCUT2D eigenvalue weighted by atomic mass is 35.5. The SMILES string of the molecule is CCC(N=S)c1ccc(Cl)c(Cl)c1. The summed E-state index contributed by atoms with van der Waals surface area (Å²) in [5.41, 5.74) is 1.02. The summed E-state index contributed by atoms with van der Waals surface area (Å²) in [6.45, 7) is 2.03. The third kappa shape index (κ3) is 2.63. The van der Waals surface area contributed by atoms with E-state index >= 15 is 0 Å². The molecule has 70 valence electrons. The summed E-state index contributed by atoms with van der Waals surface area (Å²) in [6, 6.07) is 5.53. The molecule has 0 aromatic heterocycles. The highest BCUT2D eigenvalue weighted by molar-refractivity contribution is 7.47. The summed E-state index contributed by atoms with van der Waals surface area (Å²) in [4.78, 5) is 0. The van der Waals surface area contributed by atoms with Crippen molar-refractivity contribution >= 4 is 35.6 Å². The van der Waals surface area contributed by atoms with E-state index in [9.17, 15) is 0 Å². The molecule has 1 aromatic carbocycles. The number of benzene rings is 1. The Morgan fingerprint density at radius 1 is 1.38 bits per heavy atom. The smallest absolute Gasteiger partial charge is 0.0878 e. The normalized spacial score (nSPS) is 12.5. The molecular weight excluding hydrogens is 225 g/mol. The number of nitrogens with zero attached hydrogens (tertiary/aromatic N) is 1. The van der Waals surface area contributed by atoms with Gasteiger partial charge in [-0.25, -0.2) is 4.36 Å². The Labute approximate surface area is 93.2 Å². The molecule has 0 bridgehead atoms. The first kappa shape index (κ1) is 10.9. The fourth-order valence-electron chi connectivity index (χ4n) is 1.09. The zero-order chi connectivity index (χ0) is 9.84. The number of rotatable bonds is 3. The molecular formula is C9H9Cl2NS. The Bertz CT molecular complexity index is 314. The first-order valence-corrected chi connectivity index (χ1v) is 5.08. The van der Waals surface area contributed by atoms with Gasteiger partial charge in [0, 0.05) is 12.4 Å². The fourth-order valence-corrected chi connectivity index (χ4v) is 1.67. The third-order valence-electron chi connectivity index (χ3n) is 1.84. The molecule has 0 saturated carbocycles. The van der Waals surface area contributed by atoms with Crippen molar-refractivity contribution in [2.45, 2.75) is 19.4 Å². The summed E-state index contributed by atoms with van der Waals surface area (Å²) in [5.74, 6) is 0. The van der Waals surface area contributed by atoms with Crippen LogP contribution >= 0.6 is 23.2 Å². The first-order valence-electron chi connectivity index (χ1n) is 3.96. The molecule has 0 radical (unpaired) electrons. The molecule has 1 atom stereocenters. The molecule has 0 aliphatic heterocycles. The van der Waals surface area contributed by atoms with E-state index in [2.05, 4.69) is 16.8 Å². The van der Waals surface area contributed by atoms with Crippen molar-refractivity contribution in [3.63, 3.8) is 0 Å². The van der Waals surface area contributed by atoms with Crippen LogP contribution in [0.2, 0.25) is 10.0 Å². The minimum Gasteiger partial charge on any atom is -0.211 e. The minimum absolute atomic E-state index is 0.0461. The Morgan fingerprint density at radius 2 is 2.08 bits per heavy atom. The van der Waals surface area contributed by atoms with Crippen LogP contribution in [-0.4, -0.2) is 0 Å². The van der Waals surface area contributed by atoms with Gasteiger partial charge in [0.15, 0.2) is 0 Å². The van der Waals surface area contributed by atoms with Crippen LogP contribution in [0.3, 0.4) is 0 Å². The van der Waals surface area contributed by atoms with Gasteiger partial charge in [-0.3, -0.25) is 0 Å². The largest absolute Gasteiger partial charge is 0.211 e. The molecule has 1 rings (SSSR count). The van der Waals surface area contributed by atoms with Crippen LogP contribution in [0.15, 0.2) is 22.6 Å². The van der Waals surface area contributed by atoms with Crippen LogP contribution in [0.5, 0.6) is 0 Å². The van der Waals surface area contributed by atoms with Crippen LogP contribution < -0.4 is 0 Å². The maximum atomic E-state index is 5.86. The monoisotopic (exact) mass is 233 g/mol. The van der Waals surface area contributed by atoms with Gasteiger partial charge in [0.05, 0.1) is 16.1 Å². The summed E-state index contributed by atoms with van der Waals surface area (Å²) in [7, 11) is 0. The zero-order valence-electron chi connectivity index (χ0n) is 7.13. The van der Waals surface area contributed by atoms with Gasteiger partial charge < -0.3 is 0 Å². The molecule has 1 nitrogen and oxygen atoms in total. The summed E-state index contributed by atoms with van der Waals surface area (Å²) in [6.07, 6.45) is 0.876. The number of halogens is 2. The van der Waals surface area contributed by atoms with Crippen molar-refractivity contribution in [2.75, 3.05) is 0 Å². The molecule has 1 unspecified atom stereocenters. The zero-order valence-corrected chi connectivity index (χ0v) is 9.46. The van der Waals surface area contributed by atoms with Gasteiger partial charge in [0.1, 0.15) is 0 Å². The van der Waals surface area contributed by atoms with Crippen molar-refractivity contribution in [2.24, 2.45) is 4.36 Å². The highest BCUT2D eigenvalue weighted by Gasteiger charge is 2.08. The Kier molecular flexibility index (Phi) is 4.10. The van der Waals surface area contributed by atoms with E-state index in [0.29, 0.717) is 10.0 Å². The van der Waals surface area contributed by atoms with Gasteiger partial charge in [-0.05, 0) is 24.1 Å². The van der Waals surface area contributed by atoms with E-state index in [-0.39, 0.29) is 6.04 Å². The molecule has 0 spiro atoms. The third-order valence-corrected chi connectivity index (χ3v) is 2.84. The van der Waals surface area contributed by atoms with E-state index in [1.807, 2.05) is 19.1 Å². The van der Waals surface area contributed by atoms with Gasteiger partial charge >= 0.3 is 0 Å².